The molecule has 1 amide bonds. The summed E-state index contributed by atoms with van der Waals surface area (Å²) in [4.78, 5) is 30.5. The Bertz CT molecular complexity index is 726. The summed E-state index contributed by atoms with van der Waals surface area (Å²) >= 11 is 0. The number of amides is 1. The zero-order valence-electron chi connectivity index (χ0n) is 13.7. The number of nitrogens with one attached hydrogen (secondary N) is 1. The zero-order chi connectivity index (χ0) is 16.9. The molecule has 1 aromatic heterocycles. The number of pyridine rings is 1. The normalized spacial score (nSPS) is 15.3. The maximum absolute atomic E-state index is 12.5. The molecule has 0 spiro atoms. The van der Waals surface area contributed by atoms with Gasteiger partial charge in [-0.25, -0.2) is 0 Å². The molecule has 1 N–H and O–H groups in total. The molecule has 0 unspecified atom stereocenters. The molecule has 2 aromatic rings. The van der Waals surface area contributed by atoms with Gasteiger partial charge in [-0.15, -0.1) is 0 Å². The highest BCUT2D eigenvalue weighted by Crippen LogP contribution is 2.15. The lowest BCUT2D eigenvalue weighted by atomic mass is 10.1. The Labute approximate surface area is 140 Å². The van der Waals surface area contributed by atoms with Crippen LogP contribution in [0.25, 0.3) is 0 Å². The number of aromatic amines is 1. The summed E-state index contributed by atoms with van der Waals surface area (Å²) < 4.78 is 5.12. The molecule has 1 aliphatic rings. The second-order valence-corrected chi connectivity index (χ2v) is 5.86. The van der Waals surface area contributed by atoms with Crippen LogP contribution in [0.4, 0.5) is 0 Å². The third kappa shape index (κ3) is 3.83. The van der Waals surface area contributed by atoms with Crippen molar-refractivity contribution in [3.05, 3.63) is 64.1 Å². The molecule has 2 heterocycles. The van der Waals surface area contributed by atoms with E-state index in [2.05, 4.69) is 9.88 Å². The SMILES string of the molecule is COc1ccc(C(=O)N2CCN(Cc3ccc(=O)[nH]c3)CC2)cc1. The van der Waals surface area contributed by atoms with Gasteiger partial charge in [0.05, 0.1) is 7.11 Å². The predicted molar refractivity (Wildman–Crippen MR) is 91.2 cm³/mol. The van der Waals surface area contributed by atoms with Gasteiger partial charge in [0.2, 0.25) is 5.56 Å². The third-order valence-electron chi connectivity index (χ3n) is 4.25. The highest BCUT2D eigenvalue weighted by molar-refractivity contribution is 5.94. The molecule has 0 aliphatic carbocycles. The van der Waals surface area contributed by atoms with E-state index in [0.29, 0.717) is 18.7 Å². The highest BCUT2D eigenvalue weighted by Gasteiger charge is 2.22. The van der Waals surface area contributed by atoms with Crippen molar-refractivity contribution in [2.45, 2.75) is 6.54 Å². The van der Waals surface area contributed by atoms with Crippen molar-refractivity contribution in [3.63, 3.8) is 0 Å². The molecule has 6 nitrogen and oxygen atoms in total. The maximum atomic E-state index is 12.5. The fourth-order valence-corrected chi connectivity index (χ4v) is 2.82. The number of aromatic nitrogens is 1. The second kappa shape index (κ2) is 7.31. The van der Waals surface area contributed by atoms with Crippen LogP contribution in [0.5, 0.6) is 5.75 Å². The monoisotopic (exact) mass is 327 g/mol. The van der Waals surface area contributed by atoms with E-state index in [1.807, 2.05) is 11.0 Å². The summed E-state index contributed by atoms with van der Waals surface area (Å²) in [6, 6.07) is 10.6. The van der Waals surface area contributed by atoms with Crippen LogP contribution in [-0.4, -0.2) is 54.0 Å². The minimum atomic E-state index is -0.0892. The topological polar surface area (TPSA) is 65.6 Å². The van der Waals surface area contributed by atoms with Gasteiger partial charge in [-0.05, 0) is 29.8 Å². The van der Waals surface area contributed by atoms with Gasteiger partial charge in [0, 0.05) is 50.6 Å². The molecule has 1 fully saturated rings. The molecule has 1 aliphatic heterocycles. The number of benzene rings is 1. The van der Waals surface area contributed by atoms with Gasteiger partial charge < -0.3 is 14.6 Å². The lowest BCUT2D eigenvalue weighted by Crippen LogP contribution is -2.48. The molecule has 0 atom stereocenters. The van der Waals surface area contributed by atoms with E-state index in [0.717, 1.165) is 30.9 Å². The van der Waals surface area contributed by atoms with E-state index in [1.54, 1.807) is 43.6 Å². The molecule has 1 saturated heterocycles. The van der Waals surface area contributed by atoms with E-state index < -0.39 is 0 Å². The Morgan fingerprint density at radius 1 is 1.08 bits per heavy atom. The number of carbonyl (C=O) groups excluding carboxylic acids is 1. The number of H-pyrrole nitrogens is 1. The fraction of sp³-hybridized carbons (Fsp3) is 0.333. The first-order valence-corrected chi connectivity index (χ1v) is 7.99. The van der Waals surface area contributed by atoms with Gasteiger partial charge in [0.1, 0.15) is 5.75 Å². The first-order chi connectivity index (χ1) is 11.7. The number of hydrogen-bond acceptors (Lipinski definition) is 4. The largest absolute Gasteiger partial charge is 0.497 e. The van der Waals surface area contributed by atoms with Crippen molar-refractivity contribution in [2.75, 3.05) is 33.3 Å². The summed E-state index contributed by atoms with van der Waals surface area (Å²) in [5.41, 5.74) is 1.67. The summed E-state index contributed by atoms with van der Waals surface area (Å²) in [6.07, 6.45) is 1.75. The Kier molecular flexibility index (Phi) is 4.96. The molecule has 1 aromatic carbocycles. The van der Waals surface area contributed by atoms with Crippen LogP contribution in [0.15, 0.2) is 47.4 Å². The summed E-state index contributed by atoms with van der Waals surface area (Å²) in [5, 5.41) is 0. The maximum Gasteiger partial charge on any atom is 0.253 e. The van der Waals surface area contributed by atoms with E-state index in [1.165, 1.54) is 0 Å². The van der Waals surface area contributed by atoms with Crippen molar-refractivity contribution >= 4 is 5.91 Å². The molecule has 3 rings (SSSR count). The predicted octanol–water partition coefficient (Wildman–Crippen LogP) is 1.34. The quantitative estimate of drug-likeness (QED) is 0.920. The van der Waals surface area contributed by atoms with Crippen molar-refractivity contribution in [1.82, 2.24) is 14.8 Å². The lowest BCUT2D eigenvalue weighted by Gasteiger charge is -2.34. The third-order valence-corrected chi connectivity index (χ3v) is 4.25. The fourth-order valence-electron chi connectivity index (χ4n) is 2.82. The van der Waals surface area contributed by atoms with Gasteiger partial charge in [-0.1, -0.05) is 6.07 Å². The van der Waals surface area contributed by atoms with Crippen molar-refractivity contribution < 1.29 is 9.53 Å². The van der Waals surface area contributed by atoms with Crippen molar-refractivity contribution in [3.8, 4) is 5.75 Å². The van der Waals surface area contributed by atoms with Crippen LogP contribution >= 0.6 is 0 Å². The lowest BCUT2D eigenvalue weighted by molar-refractivity contribution is 0.0628. The van der Waals surface area contributed by atoms with Crippen LogP contribution in [0.3, 0.4) is 0 Å². The van der Waals surface area contributed by atoms with Gasteiger partial charge in [-0.3, -0.25) is 14.5 Å². The number of nitrogens with zero attached hydrogens (tertiary/aromatic N) is 2. The summed E-state index contributed by atoms with van der Waals surface area (Å²) in [5.74, 6) is 0.804. The molecule has 0 radical (unpaired) electrons. The van der Waals surface area contributed by atoms with Crippen molar-refractivity contribution in [2.24, 2.45) is 0 Å². The number of methoxy groups -OCH3 is 1. The van der Waals surface area contributed by atoms with Crippen molar-refractivity contribution in [1.29, 1.82) is 0 Å². The number of piperazine rings is 1. The van der Waals surface area contributed by atoms with E-state index >= 15 is 0 Å². The molecule has 0 bridgehead atoms. The Morgan fingerprint density at radius 2 is 1.79 bits per heavy atom. The molecule has 126 valence electrons. The average Bonchev–Trinajstić information content (AvgIpc) is 2.64. The van der Waals surface area contributed by atoms with Gasteiger partial charge >= 0.3 is 0 Å². The molecular formula is C18H21N3O3. The first kappa shape index (κ1) is 16.3. The molecule has 0 saturated carbocycles. The Morgan fingerprint density at radius 3 is 2.38 bits per heavy atom. The van der Waals surface area contributed by atoms with Crippen LogP contribution in [0.1, 0.15) is 15.9 Å². The molecular weight excluding hydrogens is 306 g/mol. The van der Waals surface area contributed by atoms with E-state index in [9.17, 15) is 9.59 Å². The second-order valence-electron chi connectivity index (χ2n) is 5.86. The van der Waals surface area contributed by atoms with Gasteiger partial charge in [0.15, 0.2) is 0 Å². The smallest absolute Gasteiger partial charge is 0.253 e. The zero-order valence-corrected chi connectivity index (χ0v) is 13.7. The van der Waals surface area contributed by atoms with E-state index in [-0.39, 0.29) is 11.5 Å². The van der Waals surface area contributed by atoms with Crippen LogP contribution in [0.2, 0.25) is 0 Å². The standard InChI is InChI=1S/C18H21N3O3/c1-24-16-5-3-15(4-6-16)18(23)21-10-8-20(9-11-21)13-14-2-7-17(22)19-12-14/h2-7,12H,8-11,13H2,1H3,(H,19,22). The minimum Gasteiger partial charge on any atom is -0.497 e. The van der Waals surface area contributed by atoms with Crippen LogP contribution < -0.4 is 10.3 Å². The number of ether oxygens (including phenoxy) is 1. The number of carbonyl (C=O) groups is 1. The number of hydrogen-bond donors (Lipinski definition) is 1. The minimum absolute atomic E-state index is 0.0568. The molecule has 24 heavy (non-hydrogen) atoms. The van der Waals surface area contributed by atoms with E-state index in [4.69, 9.17) is 4.74 Å². The number of rotatable bonds is 4. The van der Waals surface area contributed by atoms with Gasteiger partial charge in [0.25, 0.3) is 5.91 Å². The van der Waals surface area contributed by atoms with Crippen LogP contribution in [0, 0.1) is 0 Å². The average molecular weight is 327 g/mol. The van der Waals surface area contributed by atoms with Gasteiger partial charge in [-0.2, -0.15) is 0 Å². The highest BCUT2D eigenvalue weighted by atomic mass is 16.5. The summed E-state index contributed by atoms with van der Waals surface area (Å²) in [6.45, 7) is 3.83. The Balaban J connectivity index is 1.54. The molecule has 6 heteroatoms. The Hall–Kier alpha value is -2.60. The summed E-state index contributed by atoms with van der Waals surface area (Å²) in [7, 11) is 1.61. The van der Waals surface area contributed by atoms with Crippen LogP contribution in [-0.2, 0) is 6.54 Å². The first-order valence-electron chi connectivity index (χ1n) is 7.99.